The number of rotatable bonds is 8. The van der Waals surface area contributed by atoms with E-state index in [2.05, 4.69) is 5.32 Å². The summed E-state index contributed by atoms with van der Waals surface area (Å²) in [5, 5.41) is 11.0. The fourth-order valence-electron chi connectivity index (χ4n) is 1.23. The second kappa shape index (κ2) is 8.07. The molecule has 2 N–H and O–H groups in total. The third-order valence-corrected chi connectivity index (χ3v) is 3.31. The zero-order valence-corrected chi connectivity index (χ0v) is 11.2. The van der Waals surface area contributed by atoms with E-state index in [1.54, 1.807) is 6.07 Å². The second-order valence-corrected chi connectivity index (χ2v) is 5.30. The molecule has 1 aromatic rings. The number of aliphatic carboxylic acids is 1. The van der Waals surface area contributed by atoms with Gasteiger partial charge in [0, 0.05) is 17.8 Å². The highest BCUT2D eigenvalue weighted by Gasteiger charge is 2.04. The molecule has 0 saturated heterocycles. The Kier molecular flexibility index (Phi) is 6.70. The summed E-state index contributed by atoms with van der Waals surface area (Å²) < 4.78 is 5.50. The van der Waals surface area contributed by atoms with E-state index in [1.165, 1.54) is 11.3 Å². The summed E-state index contributed by atoms with van der Waals surface area (Å²) in [6, 6.07) is 3.70. The summed E-state index contributed by atoms with van der Waals surface area (Å²) in [7, 11) is 0. The van der Waals surface area contributed by atoms with Gasteiger partial charge < -0.3 is 15.2 Å². The molecule has 0 atom stereocenters. The average Bonchev–Trinajstić information content (AvgIpc) is 2.71. The molecule has 1 heterocycles. The van der Waals surface area contributed by atoms with Crippen molar-refractivity contribution in [3.05, 3.63) is 21.3 Å². The Morgan fingerprint density at radius 2 is 2.22 bits per heavy atom. The van der Waals surface area contributed by atoms with Crippen LogP contribution in [0.4, 0.5) is 0 Å². The molecule has 5 nitrogen and oxygen atoms in total. The Balaban J connectivity index is 2.05. The van der Waals surface area contributed by atoms with Gasteiger partial charge in [0.25, 0.3) is 0 Å². The van der Waals surface area contributed by atoms with Crippen LogP contribution in [0.3, 0.4) is 0 Å². The minimum Gasteiger partial charge on any atom is -0.480 e. The van der Waals surface area contributed by atoms with E-state index in [-0.39, 0.29) is 19.1 Å². The molecule has 1 aromatic heterocycles. The SMILES string of the molecule is O=C(O)COCCNC(=O)CCc1ccc(Cl)s1. The molecule has 0 bridgehead atoms. The standard InChI is InChI=1S/C11H14ClNO4S/c12-9-3-1-8(18-9)2-4-10(14)13-5-6-17-7-11(15)16/h1,3H,2,4-7H2,(H,13,14)(H,15,16). The van der Waals surface area contributed by atoms with Crippen LogP contribution >= 0.6 is 22.9 Å². The minimum atomic E-state index is -1.02. The summed E-state index contributed by atoms with van der Waals surface area (Å²) in [5.74, 6) is -1.10. The minimum absolute atomic E-state index is 0.0848. The van der Waals surface area contributed by atoms with Crippen LogP contribution in [-0.4, -0.2) is 36.7 Å². The van der Waals surface area contributed by atoms with Crippen LogP contribution in [0.5, 0.6) is 0 Å². The first-order valence-electron chi connectivity index (χ1n) is 5.38. The third-order valence-electron chi connectivity index (χ3n) is 2.02. The van der Waals surface area contributed by atoms with Gasteiger partial charge in [-0.2, -0.15) is 0 Å². The fourth-order valence-corrected chi connectivity index (χ4v) is 2.32. The van der Waals surface area contributed by atoms with Gasteiger partial charge in [-0.1, -0.05) is 11.6 Å². The van der Waals surface area contributed by atoms with Crippen molar-refractivity contribution in [3.63, 3.8) is 0 Å². The van der Waals surface area contributed by atoms with E-state index < -0.39 is 5.97 Å². The van der Waals surface area contributed by atoms with Crippen LogP contribution in [0, 0.1) is 0 Å². The molecule has 7 heteroatoms. The highest BCUT2D eigenvalue weighted by Crippen LogP contribution is 2.22. The fraction of sp³-hybridized carbons (Fsp3) is 0.455. The Morgan fingerprint density at radius 3 is 2.83 bits per heavy atom. The molecule has 0 spiro atoms. The monoisotopic (exact) mass is 291 g/mol. The van der Waals surface area contributed by atoms with Gasteiger partial charge in [-0.15, -0.1) is 11.3 Å². The maximum atomic E-state index is 11.4. The van der Waals surface area contributed by atoms with Crippen molar-refractivity contribution < 1.29 is 19.4 Å². The molecular weight excluding hydrogens is 278 g/mol. The van der Waals surface area contributed by atoms with Crippen LogP contribution in [0.1, 0.15) is 11.3 Å². The van der Waals surface area contributed by atoms with Gasteiger partial charge in [-0.3, -0.25) is 4.79 Å². The molecule has 0 saturated carbocycles. The number of amides is 1. The molecule has 0 aliphatic carbocycles. The molecule has 18 heavy (non-hydrogen) atoms. The van der Waals surface area contributed by atoms with Crippen molar-refractivity contribution in [3.8, 4) is 0 Å². The van der Waals surface area contributed by atoms with E-state index in [4.69, 9.17) is 21.4 Å². The molecule has 0 aliphatic heterocycles. The number of carbonyl (C=O) groups is 2. The predicted molar refractivity (Wildman–Crippen MR) is 69.1 cm³/mol. The first-order chi connectivity index (χ1) is 8.58. The summed E-state index contributed by atoms with van der Waals surface area (Å²) in [5.41, 5.74) is 0. The number of carbonyl (C=O) groups excluding carboxylic acids is 1. The van der Waals surface area contributed by atoms with Crippen LogP contribution < -0.4 is 5.32 Å². The molecule has 0 fully saturated rings. The number of nitrogens with one attached hydrogen (secondary N) is 1. The van der Waals surface area contributed by atoms with Gasteiger partial charge in [-0.25, -0.2) is 4.79 Å². The molecular formula is C11H14ClNO4S. The third kappa shape index (κ3) is 6.58. The van der Waals surface area contributed by atoms with E-state index in [0.717, 1.165) is 4.88 Å². The molecule has 100 valence electrons. The lowest BCUT2D eigenvalue weighted by molar-refractivity contribution is -0.142. The van der Waals surface area contributed by atoms with Gasteiger partial charge in [-0.05, 0) is 18.6 Å². The van der Waals surface area contributed by atoms with E-state index in [1.807, 2.05) is 6.07 Å². The number of halogens is 1. The molecule has 1 rings (SSSR count). The Bertz CT molecular complexity index is 408. The zero-order valence-electron chi connectivity index (χ0n) is 9.65. The van der Waals surface area contributed by atoms with Crippen molar-refractivity contribution in [2.75, 3.05) is 19.8 Å². The van der Waals surface area contributed by atoms with Crippen molar-refractivity contribution in [2.24, 2.45) is 0 Å². The molecule has 0 radical (unpaired) electrons. The summed E-state index contributed by atoms with van der Waals surface area (Å²) in [6.45, 7) is 0.170. The number of hydrogen-bond donors (Lipinski definition) is 2. The van der Waals surface area contributed by atoms with Gasteiger partial charge in [0.05, 0.1) is 10.9 Å². The summed E-state index contributed by atoms with van der Waals surface area (Å²) in [4.78, 5) is 22.6. The highest BCUT2D eigenvalue weighted by atomic mass is 35.5. The second-order valence-electron chi connectivity index (χ2n) is 3.50. The van der Waals surface area contributed by atoms with E-state index in [9.17, 15) is 9.59 Å². The first kappa shape index (κ1) is 14.9. The molecule has 0 unspecified atom stereocenters. The van der Waals surface area contributed by atoms with Crippen LogP contribution in [0.25, 0.3) is 0 Å². The van der Waals surface area contributed by atoms with Crippen molar-refractivity contribution in [2.45, 2.75) is 12.8 Å². The smallest absolute Gasteiger partial charge is 0.329 e. The maximum absolute atomic E-state index is 11.4. The van der Waals surface area contributed by atoms with Gasteiger partial charge in [0.15, 0.2) is 0 Å². The first-order valence-corrected chi connectivity index (χ1v) is 6.58. The average molecular weight is 292 g/mol. The van der Waals surface area contributed by atoms with Gasteiger partial charge >= 0.3 is 5.97 Å². The Morgan fingerprint density at radius 1 is 1.44 bits per heavy atom. The molecule has 0 aromatic carbocycles. The van der Waals surface area contributed by atoms with E-state index in [0.29, 0.717) is 23.7 Å². The quantitative estimate of drug-likeness (QED) is 0.713. The lowest BCUT2D eigenvalue weighted by atomic mass is 10.2. The highest BCUT2D eigenvalue weighted by molar-refractivity contribution is 7.16. The van der Waals surface area contributed by atoms with Crippen molar-refractivity contribution >= 4 is 34.8 Å². The number of carboxylic acids is 1. The summed E-state index contributed by atoms with van der Waals surface area (Å²) in [6.07, 6.45) is 1.04. The number of hydrogen-bond acceptors (Lipinski definition) is 4. The lowest BCUT2D eigenvalue weighted by Crippen LogP contribution is -2.28. The van der Waals surface area contributed by atoms with Crippen LogP contribution in [0.15, 0.2) is 12.1 Å². The number of thiophene rings is 1. The van der Waals surface area contributed by atoms with Crippen LogP contribution in [0.2, 0.25) is 4.34 Å². The van der Waals surface area contributed by atoms with Crippen molar-refractivity contribution in [1.29, 1.82) is 0 Å². The number of aryl methyl sites for hydroxylation is 1. The lowest BCUT2D eigenvalue weighted by Gasteiger charge is -2.04. The zero-order chi connectivity index (χ0) is 13.4. The van der Waals surface area contributed by atoms with E-state index >= 15 is 0 Å². The van der Waals surface area contributed by atoms with Crippen molar-refractivity contribution in [1.82, 2.24) is 5.32 Å². The molecule has 1 amide bonds. The normalized spacial score (nSPS) is 10.3. The van der Waals surface area contributed by atoms with Gasteiger partial charge in [0.1, 0.15) is 6.61 Å². The Hall–Kier alpha value is -1.11. The number of carboxylic acid groups (broad SMARTS) is 1. The van der Waals surface area contributed by atoms with Gasteiger partial charge in [0.2, 0.25) is 5.91 Å². The number of ether oxygens (including phenoxy) is 1. The maximum Gasteiger partial charge on any atom is 0.329 e. The predicted octanol–water partition coefficient (Wildman–Crippen LogP) is 1.55. The Labute approximate surface area is 114 Å². The summed E-state index contributed by atoms with van der Waals surface area (Å²) >= 11 is 7.23. The molecule has 0 aliphatic rings. The topological polar surface area (TPSA) is 75.6 Å². The largest absolute Gasteiger partial charge is 0.480 e. The van der Waals surface area contributed by atoms with Crippen LogP contribution in [-0.2, 0) is 20.7 Å².